The minimum atomic E-state index is -0.198. The molecular weight excluding hydrogens is 188 g/mol. The number of amides is 2. The molecule has 0 saturated heterocycles. The van der Waals surface area contributed by atoms with Gasteiger partial charge >= 0.3 is 6.03 Å². The van der Waals surface area contributed by atoms with Crippen LogP contribution in [0.5, 0.6) is 0 Å². The molecule has 2 N–H and O–H groups in total. The molecule has 0 atom stereocenters. The molecule has 0 spiro atoms. The molecule has 3 heteroatoms. The van der Waals surface area contributed by atoms with Gasteiger partial charge in [0.05, 0.1) is 0 Å². The highest BCUT2D eigenvalue weighted by molar-refractivity contribution is 5.88. The summed E-state index contributed by atoms with van der Waals surface area (Å²) in [7, 11) is 1.58. The topological polar surface area (TPSA) is 41.1 Å². The summed E-state index contributed by atoms with van der Waals surface area (Å²) in [5.41, 5.74) is 0.798. The van der Waals surface area contributed by atoms with Crippen molar-refractivity contribution < 1.29 is 4.79 Å². The molecule has 3 nitrogen and oxygen atoms in total. The van der Waals surface area contributed by atoms with Crippen molar-refractivity contribution in [3.05, 3.63) is 43.5 Å². The van der Waals surface area contributed by atoms with E-state index in [9.17, 15) is 4.79 Å². The van der Waals surface area contributed by atoms with Crippen LogP contribution in [0.4, 0.5) is 10.5 Å². The van der Waals surface area contributed by atoms with Gasteiger partial charge < -0.3 is 10.6 Å². The van der Waals surface area contributed by atoms with Crippen LogP contribution in [0.25, 0.3) is 0 Å². The highest BCUT2D eigenvalue weighted by Gasteiger charge is 1.94. The Morgan fingerprint density at radius 3 is 2.00 bits per heavy atom. The molecule has 0 aromatic heterocycles. The lowest BCUT2D eigenvalue weighted by molar-refractivity contribution is 0.254. The van der Waals surface area contributed by atoms with Gasteiger partial charge in [-0.25, -0.2) is 4.79 Å². The van der Waals surface area contributed by atoms with Crippen LogP contribution in [0.2, 0.25) is 0 Å². The van der Waals surface area contributed by atoms with Crippen molar-refractivity contribution in [2.75, 3.05) is 12.4 Å². The lowest BCUT2D eigenvalue weighted by atomic mass is 10.3. The fourth-order valence-electron chi connectivity index (χ4n) is 0.715. The van der Waals surface area contributed by atoms with Gasteiger partial charge in [-0.3, -0.25) is 0 Å². The van der Waals surface area contributed by atoms with Crippen molar-refractivity contribution in [1.29, 1.82) is 0 Å². The number of urea groups is 1. The minimum Gasteiger partial charge on any atom is -0.341 e. The highest BCUT2D eigenvalue weighted by atomic mass is 16.2. The second-order valence-electron chi connectivity index (χ2n) is 2.07. The number of benzene rings is 1. The molecule has 0 saturated carbocycles. The average Bonchev–Trinajstić information content (AvgIpc) is 2.35. The van der Waals surface area contributed by atoms with E-state index in [0.29, 0.717) is 0 Å². The molecule has 0 aliphatic rings. The third-order valence-corrected chi connectivity index (χ3v) is 1.26. The quantitative estimate of drug-likeness (QED) is 0.683. The molecule has 1 aromatic rings. The molecular formula is C12H20N2O. The van der Waals surface area contributed by atoms with Gasteiger partial charge in [-0.15, -0.1) is 13.2 Å². The molecule has 0 heterocycles. The van der Waals surface area contributed by atoms with E-state index >= 15 is 0 Å². The molecule has 2 amide bonds. The molecule has 0 radical (unpaired) electrons. The van der Waals surface area contributed by atoms with E-state index < -0.39 is 0 Å². The van der Waals surface area contributed by atoms with Crippen LogP contribution in [0.3, 0.4) is 0 Å². The fourth-order valence-corrected chi connectivity index (χ4v) is 0.715. The van der Waals surface area contributed by atoms with Crippen LogP contribution in [0, 0.1) is 0 Å². The van der Waals surface area contributed by atoms with Crippen LogP contribution >= 0.6 is 0 Å². The number of para-hydroxylation sites is 1. The summed E-state index contributed by atoms with van der Waals surface area (Å²) in [6, 6.07) is 9.09. The summed E-state index contributed by atoms with van der Waals surface area (Å²) in [5.74, 6) is 0. The number of rotatable bonds is 1. The third-order valence-electron chi connectivity index (χ3n) is 1.26. The second kappa shape index (κ2) is 12.2. The van der Waals surface area contributed by atoms with E-state index in [-0.39, 0.29) is 6.03 Å². The fraction of sp³-hybridized carbons (Fsp3) is 0.250. The molecule has 0 fully saturated rings. The maximum Gasteiger partial charge on any atom is 0.318 e. The Bertz CT molecular complexity index is 247. The van der Waals surface area contributed by atoms with Crippen LogP contribution in [-0.2, 0) is 0 Å². The standard InChI is InChI=1S/C8H10N2O.C2H6.C2H4/c1-9-8(11)10-7-5-3-2-4-6-7;2*1-2/h2-6H,1H3,(H2,9,10,11);1-2H3;1-2H2. The van der Waals surface area contributed by atoms with Crippen molar-refractivity contribution in [3.63, 3.8) is 0 Å². The van der Waals surface area contributed by atoms with Gasteiger partial charge in [0.25, 0.3) is 0 Å². The lowest BCUT2D eigenvalue weighted by Crippen LogP contribution is -2.24. The van der Waals surface area contributed by atoms with Crippen molar-refractivity contribution in [2.45, 2.75) is 13.8 Å². The molecule has 0 unspecified atom stereocenters. The predicted octanol–water partition coefficient (Wildman–Crippen LogP) is 3.27. The van der Waals surface area contributed by atoms with Gasteiger partial charge in [0, 0.05) is 12.7 Å². The van der Waals surface area contributed by atoms with Crippen molar-refractivity contribution in [1.82, 2.24) is 5.32 Å². The van der Waals surface area contributed by atoms with Gasteiger partial charge in [-0.05, 0) is 12.1 Å². The zero-order valence-corrected chi connectivity index (χ0v) is 9.71. The summed E-state index contributed by atoms with van der Waals surface area (Å²) in [6.07, 6.45) is 0. The summed E-state index contributed by atoms with van der Waals surface area (Å²) < 4.78 is 0. The molecule has 1 rings (SSSR count). The van der Waals surface area contributed by atoms with Crippen LogP contribution in [0.1, 0.15) is 13.8 Å². The van der Waals surface area contributed by atoms with Crippen LogP contribution < -0.4 is 10.6 Å². The molecule has 84 valence electrons. The van der Waals surface area contributed by atoms with Gasteiger partial charge in [-0.2, -0.15) is 0 Å². The van der Waals surface area contributed by atoms with Crippen LogP contribution in [0.15, 0.2) is 43.5 Å². The summed E-state index contributed by atoms with van der Waals surface area (Å²) >= 11 is 0. The number of hydrogen-bond acceptors (Lipinski definition) is 1. The number of anilines is 1. The smallest absolute Gasteiger partial charge is 0.318 e. The number of carbonyl (C=O) groups is 1. The third kappa shape index (κ3) is 8.56. The van der Waals surface area contributed by atoms with Gasteiger partial charge in [-0.1, -0.05) is 32.0 Å². The average molecular weight is 208 g/mol. The highest BCUT2D eigenvalue weighted by Crippen LogP contribution is 2.03. The van der Waals surface area contributed by atoms with Gasteiger partial charge in [0.15, 0.2) is 0 Å². The van der Waals surface area contributed by atoms with Gasteiger partial charge in [0.2, 0.25) is 0 Å². The Morgan fingerprint density at radius 2 is 1.60 bits per heavy atom. The normalized spacial score (nSPS) is 7.13. The first-order valence-electron chi connectivity index (χ1n) is 4.86. The Labute approximate surface area is 92.2 Å². The molecule has 0 bridgehead atoms. The Morgan fingerprint density at radius 1 is 1.13 bits per heavy atom. The molecule has 0 aliphatic heterocycles. The first kappa shape index (κ1) is 15.7. The predicted molar refractivity (Wildman–Crippen MR) is 67.1 cm³/mol. The second-order valence-corrected chi connectivity index (χ2v) is 2.07. The largest absolute Gasteiger partial charge is 0.341 e. The first-order chi connectivity index (χ1) is 7.33. The van der Waals surface area contributed by atoms with Crippen molar-refractivity contribution in [2.24, 2.45) is 0 Å². The molecule has 15 heavy (non-hydrogen) atoms. The van der Waals surface area contributed by atoms with E-state index in [0.717, 1.165) is 5.69 Å². The van der Waals surface area contributed by atoms with Crippen LogP contribution in [-0.4, -0.2) is 13.1 Å². The van der Waals surface area contributed by atoms with Crippen molar-refractivity contribution >= 4 is 11.7 Å². The lowest BCUT2D eigenvalue weighted by Gasteiger charge is -2.01. The number of carbonyl (C=O) groups excluding carboxylic acids is 1. The Hall–Kier alpha value is -1.77. The molecule has 1 aromatic carbocycles. The minimum absolute atomic E-state index is 0.198. The first-order valence-corrected chi connectivity index (χ1v) is 4.86. The van der Waals surface area contributed by atoms with E-state index in [2.05, 4.69) is 23.8 Å². The SMILES string of the molecule is C=C.CC.CNC(=O)Nc1ccccc1. The Kier molecular flexibility index (Phi) is 12.8. The summed E-state index contributed by atoms with van der Waals surface area (Å²) in [6.45, 7) is 10.0. The number of nitrogens with one attached hydrogen (secondary N) is 2. The van der Waals surface area contributed by atoms with Gasteiger partial charge in [0.1, 0.15) is 0 Å². The zero-order valence-electron chi connectivity index (χ0n) is 9.71. The Balaban J connectivity index is 0. The van der Waals surface area contributed by atoms with Crippen molar-refractivity contribution in [3.8, 4) is 0 Å². The monoisotopic (exact) mass is 208 g/mol. The van der Waals surface area contributed by atoms with E-state index in [1.807, 2.05) is 44.2 Å². The maximum absolute atomic E-state index is 10.8. The van der Waals surface area contributed by atoms with E-state index in [4.69, 9.17) is 0 Å². The summed E-state index contributed by atoms with van der Waals surface area (Å²) in [5, 5.41) is 5.10. The maximum atomic E-state index is 10.8. The number of hydrogen-bond donors (Lipinski definition) is 2. The summed E-state index contributed by atoms with van der Waals surface area (Å²) in [4.78, 5) is 10.8. The van der Waals surface area contributed by atoms with E-state index in [1.54, 1.807) is 7.05 Å². The van der Waals surface area contributed by atoms with E-state index in [1.165, 1.54) is 0 Å². The zero-order chi connectivity index (χ0) is 12.1. The molecule has 0 aliphatic carbocycles.